The van der Waals surface area contributed by atoms with Crippen LogP contribution in [0.2, 0.25) is 0 Å². The molecule has 0 bridgehead atoms. The van der Waals surface area contributed by atoms with E-state index >= 15 is 0 Å². The molecule has 7 heteroatoms. The molecule has 0 aliphatic heterocycles. The lowest BCUT2D eigenvalue weighted by molar-refractivity contribution is 0.0945. The lowest BCUT2D eigenvalue weighted by atomic mass is 10.1. The smallest absolute Gasteiger partial charge is 0.274 e. The molecule has 2 heterocycles. The van der Waals surface area contributed by atoms with Crippen molar-refractivity contribution >= 4 is 16.7 Å². The predicted molar refractivity (Wildman–Crippen MR) is 120 cm³/mol. The van der Waals surface area contributed by atoms with E-state index in [0.717, 1.165) is 11.1 Å². The molecule has 2 aromatic heterocycles. The number of nitrogens with one attached hydrogen (secondary N) is 1. The van der Waals surface area contributed by atoms with Crippen molar-refractivity contribution in [2.24, 2.45) is 5.92 Å². The molecule has 0 aliphatic carbocycles. The van der Waals surface area contributed by atoms with E-state index in [0.29, 0.717) is 30.4 Å². The van der Waals surface area contributed by atoms with E-state index in [4.69, 9.17) is 0 Å². The number of fused-ring (bicyclic) bond motifs is 1. The molecule has 31 heavy (non-hydrogen) atoms. The molecule has 4 aromatic rings. The van der Waals surface area contributed by atoms with Gasteiger partial charge in [-0.25, -0.2) is 9.67 Å². The first-order valence-corrected chi connectivity index (χ1v) is 10.3. The summed E-state index contributed by atoms with van der Waals surface area (Å²) in [7, 11) is 0. The molecular weight excluding hydrogens is 390 g/mol. The lowest BCUT2D eigenvalue weighted by Crippen LogP contribution is -2.31. The van der Waals surface area contributed by atoms with E-state index < -0.39 is 0 Å². The van der Waals surface area contributed by atoms with Gasteiger partial charge >= 0.3 is 0 Å². The molecule has 7 nitrogen and oxygen atoms in total. The molecule has 158 valence electrons. The van der Waals surface area contributed by atoms with E-state index in [1.165, 1.54) is 4.68 Å². The van der Waals surface area contributed by atoms with Crippen LogP contribution in [0.3, 0.4) is 0 Å². The first kappa shape index (κ1) is 20.5. The Labute approximate surface area is 180 Å². The molecule has 2 aromatic carbocycles. The number of imidazole rings is 1. The highest BCUT2D eigenvalue weighted by Crippen LogP contribution is 2.14. The highest BCUT2D eigenvalue weighted by atomic mass is 16.2. The molecule has 1 amide bonds. The SMILES string of the molecule is CC(C)Cn1nc(C(=O)NCc2cccc(Cn3ccnc3)c2)c2ccccc2c1=O. The quantitative estimate of drug-likeness (QED) is 0.502. The van der Waals surface area contributed by atoms with Gasteiger partial charge in [0.05, 0.1) is 11.7 Å². The molecule has 0 saturated heterocycles. The van der Waals surface area contributed by atoms with Gasteiger partial charge in [0.1, 0.15) is 0 Å². The molecule has 0 radical (unpaired) electrons. The molecule has 0 fully saturated rings. The van der Waals surface area contributed by atoms with Crippen molar-refractivity contribution in [3.63, 3.8) is 0 Å². The van der Waals surface area contributed by atoms with Crippen LogP contribution < -0.4 is 10.9 Å². The minimum atomic E-state index is -0.297. The Balaban J connectivity index is 1.56. The summed E-state index contributed by atoms with van der Waals surface area (Å²) in [4.78, 5) is 29.8. The van der Waals surface area contributed by atoms with Crippen LogP contribution in [0.15, 0.2) is 72.0 Å². The number of nitrogens with zero attached hydrogens (tertiary/aromatic N) is 4. The van der Waals surface area contributed by atoms with Crippen LogP contribution in [0, 0.1) is 5.92 Å². The summed E-state index contributed by atoms with van der Waals surface area (Å²) in [6.07, 6.45) is 5.44. The molecule has 1 N–H and O–H groups in total. The Morgan fingerprint density at radius 1 is 1.06 bits per heavy atom. The number of benzene rings is 2. The van der Waals surface area contributed by atoms with Crippen LogP contribution in [-0.2, 0) is 19.6 Å². The number of carbonyl (C=O) groups excluding carboxylic acids is 1. The number of hydrogen-bond donors (Lipinski definition) is 1. The van der Waals surface area contributed by atoms with Crippen molar-refractivity contribution < 1.29 is 4.79 Å². The third-order valence-electron chi connectivity index (χ3n) is 4.99. The Kier molecular flexibility index (Phi) is 5.93. The molecule has 0 spiro atoms. The van der Waals surface area contributed by atoms with Gasteiger partial charge in [0.2, 0.25) is 0 Å². The lowest BCUT2D eigenvalue weighted by Gasteiger charge is -2.13. The second kappa shape index (κ2) is 8.95. The van der Waals surface area contributed by atoms with Crippen molar-refractivity contribution in [3.05, 3.63) is 94.4 Å². The third kappa shape index (κ3) is 4.71. The van der Waals surface area contributed by atoms with Crippen LogP contribution in [0.1, 0.15) is 35.5 Å². The number of amides is 1. The molecule has 0 aliphatic rings. The van der Waals surface area contributed by atoms with Gasteiger partial charge in [0, 0.05) is 37.4 Å². The van der Waals surface area contributed by atoms with Gasteiger partial charge in [-0.15, -0.1) is 0 Å². The van der Waals surface area contributed by atoms with Gasteiger partial charge in [-0.05, 0) is 23.1 Å². The fourth-order valence-corrected chi connectivity index (χ4v) is 3.57. The molecular formula is C24H25N5O2. The van der Waals surface area contributed by atoms with Gasteiger partial charge in [0.25, 0.3) is 11.5 Å². The van der Waals surface area contributed by atoms with Crippen molar-refractivity contribution in [2.75, 3.05) is 0 Å². The Hall–Kier alpha value is -3.74. The van der Waals surface area contributed by atoms with Gasteiger partial charge in [-0.3, -0.25) is 9.59 Å². The summed E-state index contributed by atoms with van der Waals surface area (Å²) in [5.74, 6) is -0.0609. The zero-order chi connectivity index (χ0) is 21.8. The van der Waals surface area contributed by atoms with E-state index in [9.17, 15) is 9.59 Å². The summed E-state index contributed by atoms with van der Waals surface area (Å²) in [6.45, 7) is 5.57. The van der Waals surface area contributed by atoms with Crippen LogP contribution in [0.5, 0.6) is 0 Å². The summed E-state index contributed by atoms with van der Waals surface area (Å²) in [6, 6.07) is 15.2. The zero-order valence-electron chi connectivity index (χ0n) is 17.7. The normalized spacial score (nSPS) is 11.2. The van der Waals surface area contributed by atoms with Crippen LogP contribution in [-0.4, -0.2) is 25.2 Å². The van der Waals surface area contributed by atoms with Crippen molar-refractivity contribution in [1.29, 1.82) is 0 Å². The molecule has 4 rings (SSSR count). The topological polar surface area (TPSA) is 81.8 Å². The van der Waals surface area contributed by atoms with Crippen LogP contribution in [0.25, 0.3) is 10.8 Å². The van der Waals surface area contributed by atoms with E-state index in [1.54, 1.807) is 30.7 Å². The molecule has 0 atom stereocenters. The highest BCUT2D eigenvalue weighted by molar-refractivity contribution is 6.04. The number of hydrogen-bond acceptors (Lipinski definition) is 4. The van der Waals surface area contributed by atoms with Gasteiger partial charge in [-0.1, -0.05) is 56.3 Å². The van der Waals surface area contributed by atoms with Gasteiger partial charge < -0.3 is 9.88 Å². The first-order valence-electron chi connectivity index (χ1n) is 10.3. The fourth-order valence-electron chi connectivity index (χ4n) is 3.57. The van der Waals surface area contributed by atoms with E-state index in [1.807, 2.05) is 48.9 Å². The Morgan fingerprint density at radius 3 is 2.58 bits per heavy atom. The minimum Gasteiger partial charge on any atom is -0.347 e. The molecule has 0 unspecified atom stereocenters. The monoisotopic (exact) mass is 415 g/mol. The predicted octanol–water partition coefficient (Wildman–Crippen LogP) is 3.23. The Morgan fingerprint density at radius 2 is 1.84 bits per heavy atom. The summed E-state index contributed by atoms with van der Waals surface area (Å²) >= 11 is 0. The number of aromatic nitrogens is 4. The summed E-state index contributed by atoms with van der Waals surface area (Å²) in [5.41, 5.74) is 2.21. The van der Waals surface area contributed by atoms with Gasteiger partial charge in [-0.2, -0.15) is 5.10 Å². The highest BCUT2D eigenvalue weighted by Gasteiger charge is 2.17. The third-order valence-corrected chi connectivity index (χ3v) is 4.99. The summed E-state index contributed by atoms with van der Waals surface area (Å²) < 4.78 is 3.39. The van der Waals surface area contributed by atoms with E-state index in [2.05, 4.69) is 21.5 Å². The minimum absolute atomic E-state index is 0.173. The second-order valence-corrected chi connectivity index (χ2v) is 8.01. The largest absolute Gasteiger partial charge is 0.347 e. The van der Waals surface area contributed by atoms with Crippen LogP contribution in [0.4, 0.5) is 0 Å². The molecule has 0 saturated carbocycles. The van der Waals surface area contributed by atoms with Gasteiger partial charge in [0.15, 0.2) is 5.69 Å². The van der Waals surface area contributed by atoms with Crippen molar-refractivity contribution in [1.82, 2.24) is 24.6 Å². The number of carbonyl (C=O) groups is 1. The fraction of sp³-hybridized carbons (Fsp3) is 0.250. The standard InChI is InChI=1S/C24H25N5O2/c1-17(2)14-29-24(31)21-9-4-3-8-20(21)22(27-29)23(30)26-13-18-6-5-7-19(12-18)15-28-11-10-25-16-28/h3-12,16-17H,13-15H2,1-2H3,(H,26,30). The van der Waals surface area contributed by atoms with E-state index in [-0.39, 0.29) is 23.1 Å². The average Bonchev–Trinajstić information content (AvgIpc) is 3.27. The summed E-state index contributed by atoms with van der Waals surface area (Å²) in [5, 5.41) is 8.43. The van der Waals surface area contributed by atoms with Crippen molar-refractivity contribution in [3.8, 4) is 0 Å². The first-order chi connectivity index (χ1) is 15.0. The van der Waals surface area contributed by atoms with Crippen LogP contribution >= 0.6 is 0 Å². The Bertz CT molecular complexity index is 1260. The zero-order valence-corrected chi connectivity index (χ0v) is 17.7. The maximum absolute atomic E-state index is 13.0. The maximum atomic E-state index is 13.0. The maximum Gasteiger partial charge on any atom is 0.274 e. The average molecular weight is 415 g/mol. The number of rotatable bonds is 7. The van der Waals surface area contributed by atoms with Crippen molar-refractivity contribution in [2.45, 2.75) is 33.5 Å². The second-order valence-electron chi connectivity index (χ2n) is 8.01.